The van der Waals surface area contributed by atoms with Crippen LogP contribution < -0.4 is 0 Å². The monoisotopic (exact) mass is 217 g/mol. The van der Waals surface area contributed by atoms with Crippen molar-refractivity contribution >= 4 is 10.8 Å². The fourth-order valence-electron chi connectivity index (χ4n) is 1.84. The molecule has 0 bridgehead atoms. The van der Waals surface area contributed by atoms with E-state index in [2.05, 4.69) is 0 Å². The van der Waals surface area contributed by atoms with Crippen molar-refractivity contribution in [3.05, 3.63) is 35.9 Å². The van der Waals surface area contributed by atoms with Gasteiger partial charge in [-0.15, -0.1) is 0 Å². The van der Waals surface area contributed by atoms with Gasteiger partial charge in [-0.1, -0.05) is 12.1 Å². The second-order valence-electron chi connectivity index (χ2n) is 4.21. The smallest absolute Gasteiger partial charge is 0.120 e. The highest BCUT2D eigenvalue weighted by Crippen LogP contribution is 2.30. The number of hydrogen-bond donors (Lipinski definition) is 2. The van der Waals surface area contributed by atoms with Crippen LogP contribution in [0.25, 0.3) is 10.8 Å². The Kier molecular flexibility index (Phi) is 2.71. The Morgan fingerprint density at radius 3 is 2.44 bits per heavy atom. The van der Waals surface area contributed by atoms with Gasteiger partial charge in [0.15, 0.2) is 0 Å². The van der Waals surface area contributed by atoms with Crippen LogP contribution in [0.5, 0.6) is 11.5 Å². The summed E-state index contributed by atoms with van der Waals surface area (Å²) in [6, 6.07) is 8.73. The molecule has 0 radical (unpaired) electrons. The molecule has 0 aliphatic carbocycles. The van der Waals surface area contributed by atoms with Crippen LogP contribution in [0.3, 0.4) is 0 Å². The second kappa shape index (κ2) is 4.02. The summed E-state index contributed by atoms with van der Waals surface area (Å²) in [6.07, 6.45) is 0. The van der Waals surface area contributed by atoms with Gasteiger partial charge >= 0.3 is 0 Å². The molecule has 0 saturated carbocycles. The number of aromatic hydroxyl groups is 2. The summed E-state index contributed by atoms with van der Waals surface area (Å²) in [5, 5.41) is 21.2. The Balaban J connectivity index is 2.67. The van der Waals surface area contributed by atoms with E-state index in [0.717, 1.165) is 16.3 Å². The molecular weight excluding hydrogens is 202 g/mol. The molecule has 0 aliphatic heterocycles. The molecule has 0 heterocycles. The minimum absolute atomic E-state index is 0.220. The van der Waals surface area contributed by atoms with Gasteiger partial charge in [-0.25, -0.2) is 0 Å². The molecule has 2 aromatic carbocycles. The first-order valence-electron chi connectivity index (χ1n) is 5.16. The Morgan fingerprint density at radius 1 is 1.06 bits per heavy atom. The van der Waals surface area contributed by atoms with Crippen LogP contribution in [0.4, 0.5) is 0 Å². The maximum atomic E-state index is 9.84. The summed E-state index contributed by atoms with van der Waals surface area (Å²) >= 11 is 0. The average molecular weight is 217 g/mol. The van der Waals surface area contributed by atoms with Gasteiger partial charge in [0.1, 0.15) is 11.5 Å². The minimum Gasteiger partial charge on any atom is -0.508 e. The molecule has 84 valence electrons. The number of rotatable bonds is 2. The predicted molar refractivity (Wildman–Crippen MR) is 64.7 cm³/mol. The Morgan fingerprint density at radius 2 is 1.75 bits per heavy atom. The van der Waals surface area contributed by atoms with Crippen LogP contribution in [-0.2, 0) is 6.54 Å². The van der Waals surface area contributed by atoms with Crippen LogP contribution in [0.1, 0.15) is 5.56 Å². The van der Waals surface area contributed by atoms with E-state index in [1.54, 1.807) is 18.2 Å². The highest BCUT2D eigenvalue weighted by atomic mass is 16.3. The number of fused-ring (bicyclic) bond motifs is 1. The molecule has 16 heavy (non-hydrogen) atoms. The molecule has 0 amide bonds. The summed E-state index contributed by atoms with van der Waals surface area (Å²) in [5.74, 6) is 0.491. The van der Waals surface area contributed by atoms with Crippen molar-refractivity contribution < 1.29 is 10.2 Å². The van der Waals surface area contributed by atoms with Gasteiger partial charge < -0.3 is 15.1 Å². The van der Waals surface area contributed by atoms with Gasteiger partial charge in [-0.3, -0.25) is 0 Å². The third kappa shape index (κ3) is 1.95. The van der Waals surface area contributed by atoms with E-state index in [1.165, 1.54) is 0 Å². The van der Waals surface area contributed by atoms with Gasteiger partial charge in [0, 0.05) is 12.1 Å². The first kappa shape index (κ1) is 10.8. The molecule has 0 unspecified atom stereocenters. The Hall–Kier alpha value is -1.74. The summed E-state index contributed by atoms with van der Waals surface area (Å²) in [5.41, 5.74) is 0.846. The SMILES string of the molecule is CN(C)Cc1c(O)ccc2ccc(O)cc12. The topological polar surface area (TPSA) is 43.7 Å². The van der Waals surface area contributed by atoms with Crippen LogP contribution >= 0.6 is 0 Å². The number of phenols is 2. The van der Waals surface area contributed by atoms with Gasteiger partial charge in [-0.05, 0) is 43.1 Å². The third-order valence-electron chi connectivity index (χ3n) is 2.57. The van der Waals surface area contributed by atoms with Crippen molar-refractivity contribution in [3.63, 3.8) is 0 Å². The van der Waals surface area contributed by atoms with Gasteiger partial charge in [0.05, 0.1) is 0 Å². The largest absolute Gasteiger partial charge is 0.508 e. The van der Waals surface area contributed by atoms with Crippen molar-refractivity contribution in [1.82, 2.24) is 4.90 Å². The highest BCUT2D eigenvalue weighted by Gasteiger charge is 2.08. The lowest BCUT2D eigenvalue weighted by Crippen LogP contribution is -2.11. The zero-order valence-electron chi connectivity index (χ0n) is 9.44. The Labute approximate surface area is 94.6 Å². The molecule has 2 N–H and O–H groups in total. The fourth-order valence-corrected chi connectivity index (χ4v) is 1.84. The van der Waals surface area contributed by atoms with Gasteiger partial charge in [0.2, 0.25) is 0 Å². The van der Waals surface area contributed by atoms with E-state index in [4.69, 9.17) is 0 Å². The van der Waals surface area contributed by atoms with Crippen LogP contribution in [0, 0.1) is 0 Å². The molecule has 3 heteroatoms. The lowest BCUT2D eigenvalue weighted by molar-refractivity contribution is 0.388. The number of hydrogen-bond acceptors (Lipinski definition) is 3. The summed E-state index contributed by atoms with van der Waals surface area (Å²) in [7, 11) is 3.89. The van der Waals surface area contributed by atoms with Crippen LogP contribution in [0.2, 0.25) is 0 Å². The van der Waals surface area contributed by atoms with E-state index in [1.807, 2.05) is 31.1 Å². The standard InChI is InChI=1S/C13H15NO2/c1-14(2)8-12-11-7-10(15)5-3-9(11)4-6-13(12)16/h3-7,15-16H,8H2,1-2H3. The molecule has 0 aliphatic rings. The molecule has 2 aromatic rings. The molecule has 2 rings (SSSR count). The van der Waals surface area contributed by atoms with E-state index in [9.17, 15) is 10.2 Å². The minimum atomic E-state index is 0.220. The summed E-state index contributed by atoms with van der Waals surface area (Å²) < 4.78 is 0. The number of phenolic OH excluding ortho intramolecular Hbond substituents is 2. The molecule has 3 nitrogen and oxygen atoms in total. The van der Waals surface area contributed by atoms with Crippen LogP contribution in [0.15, 0.2) is 30.3 Å². The van der Waals surface area contributed by atoms with Crippen molar-refractivity contribution in [2.75, 3.05) is 14.1 Å². The average Bonchev–Trinajstić information content (AvgIpc) is 2.22. The van der Waals surface area contributed by atoms with Crippen molar-refractivity contribution in [2.45, 2.75) is 6.54 Å². The molecule has 0 spiro atoms. The third-order valence-corrected chi connectivity index (χ3v) is 2.57. The molecular formula is C13H15NO2. The van der Waals surface area contributed by atoms with E-state index in [0.29, 0.717) is 6.54 Å². The lowest BCUT2D eigenvalue weighted by Gasteiger charge is -2.14. The lowest BCUT2D eigenvalue weighted by atomic mass is 10.0. The summed E-state index contributed by atoms with van der Waals surface area (Å²) in [4.78, 5) is 1.98. The normalized spacial score (nSPS) is 11.2. The van der Waals surface area contributed by atoms with E-state index >= 15 is 0 Å². The van der Waals surface area contributed by atoms with E-state index in [-0.39, 0.29) is 11.5 Å². The first-order valence-corrected chi connectivity index (χ1v) is 5.16. The molecule has 0 aromatic heterocycles. The number of nitrogens with zero attached hydrogens (tertiary/aromatic N) is 1. The maximum Gasteiger partial charge on any atom is 0.120 e. The van der Waals surface area contributed by atoms with E-state index < -0.39 is 0 Å². The molecule has 0 atom stereocenters. The quantitative estimate of drug-likeness (QED) is 0.811. The van der Waals surface area contributed by atoms with Gasteiger partial charge in [0.25, 0.3) is 0 Å². The summed E-state index contributed by atoms with van der Waals surface area (Å²) in [6.45, 7) is 0.645. The van der Waals surface area contributed by atoms with Crippen LogP contribution in [-0.4, -0.2) is 29.2 Å². The Bertz CT molecular complexity index is 515. The van der Waals surface area contributed by atoms with Crippen molar-refractivity contribution in [2.24, 2.45) is 0 Å². The highest BCUT2D eigenvalue weighted by molar-refractivity contribution is 5.88. The second-order valence-corrected chi connectivity index (χ2v) is 4.21. The zero-order valence-corrected chi connectivity index (χ0v) is 9.44. The molecule has 0 fully saturated rings. The van der Waals surface area contributed by atoms with Crippen molar-refractivity contribution in [1.29, 1.82) is 0 Å². The zero-order chi connectivity index (χ0) is 11.7. The fraction of sp³-hybridized carbons (Fsp3) is 0.231. The maximum absolute atomic E-state index is 9.84. The van der Waals surface area contributed by atoms with Crippen molar-refractivity contribution in [3.8, 4) is 11.5 Å². The predicted octanol–water partition coefficient (Wildman–Crippen LogP) is 2.31. The number of benzene rings is 2. The first-order chi connectivity index (χ1) is 7.58. The molecule has 0 saturated heterocycles. The van der Waals surface area contributed by atoms with Gasteiger partial charge in [-0.2, -0.15) is 0 Å².